The molecule has 0 aliphatic carbocycles. The molecule has 0 aliphatic heterocycles. The molecule has 1 unspecified atom stereocenters. The summed E-state index contributed by atoms with van der Waals surface area (Å²) in [7, 11) is 3.51. The van der Waals surface area contributed by atoms with Crippen molar-refractivity contribution >= 4 is 28.4 Å². The van der Waals surface area contributed by atoms with Gasteiger partial charge in [0.1, 0.15) is 29.6 Å². The van der Waals surface area contributed by atoms with E-state index < -0.39 is 6.10 Å². The molecule has 5 rings (SSSR count). The number of hydrogen-bond donors (Lipinski definition) is 3. The fourth-order valence-corrected chi connectivity index (χ4v) is 4.95. The molecule has 39 heavy (non-hydrogen) atoms. The highest BCUT2D eigenvalue weighted by Crippen LogP contribution is 2.44. The molecule has 2 aromatic heterocycles. The van der Waals surface area contributed by atoms with Crippen LogP contribution in [0.2, 0.25) is 0 Å². The number of ether oxygens (including phenoxy) is 1. The van der Waals surface area contributed by atoms with Crippen molar-refractivity contribution in [3.05, 3.63) is 102 Å². The molecular formula is C31H29N5O3. The van der Waals surface area contributed by atoms with Crippen LogP contribution >= 0.6 is 0 Å². The first-order chi connectivity index (χ1) is 18.8. The zero-order chi connectivity index (χ0) is 27.7. The second-order valence-electron chi connectivity index (χ2n) is 9.23. The Morgan fingerprint density at radius 3 is 2.49 bits per heavy atom. The molecule has 0 radical (unpaired) electrons. The van der Waals surface area contributed by atoms with Gasteiger partial charge in [-0.15, -0.1) is 0 Å². The number of methoxy groups -OCH3 is 1. The largest absolute Gasteiger partial charge is 0.496 e. The van der Waals surface area contributed by atoms with Gasteiger partial charge in [0.25, 0.3) is 0 Å². The lowest BCUT2D eigenvalue weighted by Gasteiger charge is -2.18. The minimum Gasteiger partial charge on any atom is -0.496 e. The zero-order valence-corrected chi connectivity index (χ0v) is 22.0. The molecule has 0 saturated carbocycles. The van der Waals surface area contributed by atoms with Crippen LogP contribution in [0.3, 0.4) is 0 Å². The van der Waals surface area contributed by atoms with E-state index in [9.17, 15) is 9.90 Å². The number of fused-ring (bicyclic) bond motifs is 1. The van der Waals surface area contributed by atoms with E-state index in [1.54, 1.807) is 7.11 Å². The molecule has 0 fully saturated rings. The number of anilines is 2. The molecule has 196 valence electrons. The second-order valence-corrected chi connectivity index (χ2v) is 9.23. The predicted molar refractivity (Wildman–Crippen MR) is 154 cm³/mol. The lowest BCUT2D eigenvalue weighted by atomic mass is 9.93. The van der Waals surface area contributed by atoms with Gasteiger partial charge in [-0.05, 0) is 53.5 Å². The van der Waals surface area contributed by atoms with Crippen molar-refractivity contribution in [2.75, 3.05) is 18.2 Å². The lowest BCUT2D eigenvalue weighted by Crippen LogP contribution is -2.06. The Bertz CT molecular complexity index is 1710. The van der Waals surface area contributed by atoms with Crippen molar-refractivity contribution in [2.24, 2.45) is 7.05 Å². The summed E-state index contributed by atoms with van der Waals surface area (Å²) in [5.41, 5.74) is 13.6. The molecule has 8 nitrogen and oxygen atoms in total. The number of rotatable bonds is 7. The van der Waals surface area contributed by atoms with E-state index in [-0.39, 0.29) is 5.91 Å². The summed E-state index contributed by atoms with van der Waals surface area (Å²) in [6.45, 7) is 5.47. The Kier molecular flexibility index (Phi) is 6.87. The van der Waals surface area contributed by atoms with Crippen molar-refractivity contribution < 1.29 is 14.6 Å². The molecule has 0 aliphatic rings. The second kappa shape index (κ2) is 10.4. The Hall–Kier alpha value is -4.95. The van der Waals surface area contributed by atoms with Crippen LogP contribution in [0.25, 0.3) is 33.4 Å². The van der Waals surface area contributed by atoms with Gasteiger partial charge in [-0.1, -0.05) is 55.1 Å². The highest BCUT2D eigenvalue weighted by Gasteiger charge is 2.24. The molecule has 3 aromatic carbocycles. The molecular weight excluding hydrogens is 490 g/mol. The van der Waals surface area contributed by atoms with E-state index in [4.69, 9.17) is 10.5 Å². The summed E-state index contributed by atoms with van der Waals surface area (Å²) in [6, 6.07) is 21.0. The van der Waals surface area contributed by atoms with Crippen molar-refractivity contribution in [1.82, 2.24) is 14.5 Å². The van der Waals surface area contributed by atoms with E-state index >= 15 is 0 Å². The third-order valence-corrected chi connectivity index (χ3v) is 6.91. The molecule has 0 spiro atoms. The Balaban J connectivity index is 1.68. The highest BCUT2D eigenvalue weighted by atomic mass is 16.5. The predicted octanol–water partition coefficient (Wildman–Crippen LogP) is 5.41. The Labute approximate surface area is 226 Å². The first-order valence-corrected chi connectivity index (χ1v) is 12.4. The van der Waals surface area contributed by atoms with Crippen LogP contribution in [0, 0.1) is 6.92 Å². The van der Waals surface area contributed by atoms with Crippen LogP contribution in [0.15, 0.2) is 85.7 Å². The first kappa shape index (κ1) is 25.7. The van der Waals surface area contributed by atoms with Gasteiger partial charge in [-0.3, -0.25) is 4.79 Å². The van der Waals surface area contributed by atoms with Crippen molar-refractivity contribution in [3.63, 3.8) is 0 Å². The van der Waals surface area contributed by atoms with Gasteiger partial charge in [0.05, 0.1) is 18.2 Å². The van der Waals surface area contributed by atoms with E-state index in [2.05, 4.69) is 21.9 Å². The van der Waals surface area contributed by atoms with E-state index in [1.807, 2.05) is 85.3 Å². The summed E-state index contributed by atoms with van der Waals surface area (Å²) in [5, 5.41) is 14.7. The number of carbonyl (C=O) groups excluding carboxylic acids is 1. The lowest BCUT2D eigenvalue weighted by molar-refractivity contribution is -0.111. The van der Waals surface area contributed by atoms with Gasteiger partial charge in [0.15, 0.2) is 0 Å². The molecule has 1 amide bonds. The number of nitrogens with zero attached hydrogens (tertiary/aromatic N) is 3. The highest BCUT2D eigenvalue weighted by molar-refractivity contribution is 6.08. The first-order valence-electron chi connectivity index (χ1n) is 12.4. The van der Waals surface area contributed by atoms with Crippen molar-refractivity contribution in [2.45, 2.75) is 13.0 Å². The molecule has 8 heteroatoms. The summed E-state index contributed by atoms with van der Waals surface area (Å²) in [4.78, 5) is 20.5. The maximum Gasteiger partial charge on any atom is 0.247 e. The monoisotopic (exact) mass is 519 g/mol. The molecule has 0 bridgehead atoms. The number of aryl methyl sites for hydroxylation is 2. The Morgan fingerprint density at radius 1 is 1.08 bits per heavy atom. The number of hydrogen-bond acceptors (Lipinski definition) is 6. The maximum absolute atomic E-state index is 11.7. The molecule has 0 saturated heterocycles. The van der Waals surface area contributed by atoms with Gasteiger partial charge in [0.2, 0.25) is 5.91 Å². The molecule has 2 heterocycles. The molecule has 1 atom stereocenters. The molecule has 5 aromatic rings. The number of aromatic nitrogens is 3. The van der Waals surface area contributed by atoms with Crippen LogP contribution in [-0.2, 0) is 11.8 Å². The van der Waals surface area contributed by atoms with E-state index in [1.165, 1.54) is 12.4 Å². The molecule has 4 N–H and O–H groups in total. The fraction of sp³-hybridized carbons (Fsp3) is 0.129. The van der Waals surface area contributed by atoms with Crippen LogP contribution in [-0.4, -0.2) is 32.7 Å². The van der Waals surface area contributed by atoms with Gasteiger partial charge >= 0.3 is 0 Å². The number of nitrogens with two attached hydrogens (primary N) is 1. The zero-order valence-electron chi connectivity index (χ0n) is 22.0. The average molecular weight is 520 g/mol. The summed E-state index contributed by atoms with van der Waals surface area (Å²) < 4.78 is 7.75. The minimum absolute atomic E-state index is 0.281. The number of amides is 1. The SMILES string of the molecule is C=CC(=O)Nc1ccc(-c2c(-c3ccc(C(O)c4ccccc4C)c(OC)c3)c3c(N)ncnc3n2C)cc1. The van der Waals surface area contributed by atoms with Crippen LogP contribution in [0.4, 0.5) is 11.5 Å². The van der Waals surface area contributed by atoms with Gasteiger partial charge in [0, 0.05) is 23.9 Å². The normalized spacial score (nSPS) is 11.8. The number of aliphatic hydroxyl groups excluding tert-OH is 1. The number of carbonyl (C=O) groups is 1. The van der Waals surface area contributed by atoms with Gasteiger partial charge in [-0.25, -0.2) is 9.97 Å². The topological polar surface area (TPSA) is 115 Å². The van der Waals surface area contributed by atoms with E-state index in [0.717, 1.165) is 33.5 Å². The third-order valence-electron chi connectivity index (χ3n) is 6.91. The summed E-state index contributed by atoms with van der Waals surface area (Å²) >= 11 is 0. The van der Waals surface area contributed by atoms with Crippen molar-refractivity contribution in [1.29, 1.82) is 0 Å². The van der Waals surface area contributed by atoms with E-state index in [0.29, 0.717) is 33.9 Å². The summed E-state index contributed by atoms with van der Waals surface area (Å²) in [5.74, 6) is 0.620. The number of nitrogens with one attached hydrogen (secondary N) is 1. The number of benzene rings is 3. The van der Waals surface area contributed by atoms with Gasteiger partial charge < -0.3 is 25.5 Å². The smallest absolute Gasteiger partial charge is 0.247 e. The quantitative estimate of drug-likeness (QED) is 0.248. The van der Waals surface area contributed by atoms with Gasteiger partial charge in [-0.2, -0.15) is 0 Å². The standard InChI is InChI=1S/C31H29N5O3/c1-5-25(37)35-21-13-10-19(11-14-21)28-26(27-30(32)33-17-34-31(27)36(28)3)20-12-15-23(24(16-20)39-4)29(38)22-9-7-6-8-18(22)2/h5-17,29,38H,1H2,2-4H3,(H,35,37)(H2,32,33,34). The Morgan fingerprint density at radius 2 is 1.79 bits per heavy atom. The summed E-state index contributed by atoms with van der Waals surface area (Å²) in [6.07, 6.45) is 1.82. The van der Waals surface area contributed by atoms with Crippen molar-refractivity contribution in [3.8, 4) is 28.1 Å². The third kappa shape index (κ3) is 4.62. The number of nitrogen functional groups attached to an aromatic ring is 1. The van der Waals surface area contributed by atoms with Crippen LogP contribution in [0.5, 0.6) is 5.75 Å². The number of aliphatic hydroxyl groups is 1. The average Bonchev–Trinajstić information content (AvgIpc) is 3.26. The fourth-order valence-electron chi connectivity index (χ4n) is 4.95. The van der Waals surface area contributed by atoms with Crippen LogP contribution < -0.4 is 15.8 Å². The van der Waals surface area contributed by atoms with Crippen LogP contribution in [0.1, 0.15) is 22.8 Å². The maximum atomic E-state index is 11.7. The minimum atomic E-state index is -0.853.